The average molecular weight is 241 g/mol. The molecule has 1 aliphatic heterocycles. The van der Waals surface area contributed by atoms with Gasteiger partial charge in [-0.05, 0) is 18.6 Å². The standard InChI is InChI=1S/C10H19N5S/c1-14-4-6-15(7-5-14)3-2-11-8-10-9-16-13-12-10/h9,11H,2-8H2,1H3. The van der Waals surface area contributed by atoms with E-state index in [9.17, 15) is 0 Å². The Labute approximate surface area is 101 Å². The van der Waals surface area contributed by atoms with Crippen molar-refractivity contribution in [2.75, 3.05) is 46.3 Å². The van der Waals surface area contributed by atoms with E-state index < -0.39 is 0 Å². The molecule has 1 N–H and O–H groups in total. The first-order valence-corrected chi connectivity index (χ1v) is 6.56. The van der Waals surface area contributed by atoms with E-state index in [0.717, 1.165) is 25.3 Å². The Morgan fingerprint density at radius 3 is 2.88 bits per heavy atom. The molecule has 2 rings (SSSR count). The van der Waals surface area contributed by atoms with Crippen LogP contribution in [0.25, 0.3) is 0 Å². The van der Waals surface area contributed by atoms with Gasteiger partial charge in [-0.25, -0.2) is 0 Å². The van der Waals surface area contributed by atoms with Crippen molar-refractivity contribution in [3.63, 3.8) is 0 Å². The third-order valence-electron chi connectivity index (χ3n) is 2.91. The third-order valence-corrected chi connectivity index (χ3v) is 3.47. The van der Waals surface area contributed by atoms with Crippen LogP contribution in [0.5, 0.6) is 0 Å². The molecule has 0 aromatic carbocycles. The largest absolute Gasteiger partial charge is 0.310 e. The van der Waals surface area contributed by atoms with E-state index in [2.05, 4.69) is 31.8 Å². The average Bonchev–Trinajstić information content (AvgIpc) is 2.80. The lowest BCUT2D eigenvalue weighted by Crippen LogP contribution is -2.46. The van der Waals surface area contributed by atoms with Crippen molar-refractivity contribution in [1.82, 2.24) is 24.7 Å². The van der Waals surface area contributed by atoms with E-state index in [-0.39, 0.29) is 0 Å². The summed E-state index contributed by atoms with van der Waals surface area (Å²) in [5.74, 6) is 0. The second kappa shape index (κ2) is 6.24. The summed E-state index contributed by atoms with van der Waals surface area (Å²) in [5.41, 5.74) is 1.04. The Balaban J connectivity index is 1.55. The highest BCUT2D eigenvalue weighted by Gasteiger charge is 2.12. The van der Waals surface area contributed by atoms with Crippen LogP contribution in [0.4, 0.5) is 0 Å². The monoisotopic (exact) mass is 241 g/mol. The predicted octanol–water partition coefficient (Wildman–Crippen LogP) is -0.125. The van der Waals surface area contributed by atoms with Gasteiger partial charge >= 0.3 is 0 Å². The van der Waals surface area contributed by atoms with Crippen molar-refractivity contribution in [3.8, 4) is 0 Å². The minimum atomic E-state index is 0.838. The number of hydrogen-bond donors (Lipinski definition) is 1. The first kappa shape index (κ1) is 11.9. The summed E-state index contributed by atoms with van der Waals surface area (Å²) >= 11 is 1.41. The fourth-order valence-electron chi connectivity index (χ4n) is 1.79. The van der Waals surface area contributed by atoms with Gasteiger partial charge in [-0.3, -0.25) is 4.90 Å². The Kier molecular flexibility index (Phi) is 4.65. The molecule has 0 atom stereocenters. The van der Waals surface area contributed by atoms with E-state index in [1.165, 1.54) is 37.7 Å². The van der Waals surface area contributed by atoms with Gasteiger partial charge in [0, 0.05) is 51.2 Å². The molecule has 1 aliphatic rings. The van der Waals surface area contributed by atoms with E-state index in [4.69, 9.17) is 0 Å². The fourth-order valence-corrected chi connectivity index (χ4v) is 2.24. The zero-order valence-corrected chi connectivity index (χ0v) is 10.5. The second-order valence-electron chi connectivity index (χ2n) is 4.22. The van der Waals surface area contributed by atoms with Gasteiger partial charge in [0.25, 0.3) is 0 Å². The van der Waals surface area contributed by atoms with E-state index >= 15 is 0 Å². The summed E-state index contributed by atoms with van der Waals surface area (Å²) in [6, 6.07) is 0. The normalized spacial score (nSPS) is 19.1. The molecule has 0 spiro atoms. The molecule has 0 aliphatic carbocycles. The molecule has 2 heterocycles. The molecule has 0 amide bonds. The predicted molar refractivity (Wildman–Crippen MR) is 65.6 cm³/mol. The highest BCUT2D eigenvalue weighted by molar-refractivity contribution is 7.03. The summed E-state index contributed by atoms with van der Waals surface area (Å²) < 4.78 is 3.83. The van der Waals surface area contributed by atoms with Crippen LogP contribution in [0.15, 0.2) is 5.38 Å². The molecule has 1 aromatic heterocycles. The summed E-state index contributed by atoms with van der Waals surface area (Å²) in [6.07, 6.45) is 0. The summed E-state index contributed by atoms with van der Waals surface area (Å²) in [4.78, 5) is 4.89. The Morgan fingerprint density at radius 1 is 1.38 bits per heavy atom. The molecule has 1 aromatic rings. The second-order valence-corrected chi connectivity index (χ2v) is 4.83. The van der Waals surface area contributed by atoms with Gasteiger partial charge in [0.15, 0.2) is 0 Å². The smallest absolute Gasteiger partial charge is 0.0893 e. The lowest BCUT2D eigenvalue weighted by atomic mass is 10.3. The fraction of sp³-hybridized carbons (Fsp3) is 0.800. The highest BCUT2D eigenvalue weighted by atomic mass is 32.1. The number of aromatic nitrogens is 2. The maximum atomic E-state index is 4.00. The quantitative estimate of drug-likeness (QED) is 0.728. The number of hydrogen-bond acceptors (Lipinski definition) is 6. The minimum Gasteiger partial charge on any atom is -0.310 e. The maximum Gasteiger partial charge on any atom is 0.0893 e. The number of rotatable bonds is 5. The summed E-state index contributed by atoms with van der Waals surface area (Å²) in [6.45, 7) is 7.76. The van der Waals surface area contributed by atoms with Crippen LogP contribution < -0.4 is 5.32 Å². The zero-order valence-electron chi connectivity index (χ0n) is 9.72. The number of likely N-dealkylation sites (N-methyl/N-ethyl adjacent to an activating group) is 1. The van der Waals surface area contributed by atoms with Crippen LogP contribution in [0.2, 0.25) is 0 Å². The van der Waals surface area contributed by atoms with Crippen LogP contribution in [0.1, 0.15) is 5.69 Å². The number of piperazine rings is 1. The molecule has 0 radical (unpaired) electrons. The van der Waals surface area contributed by atoms with Gasteiger partial charge in [0.2, 0.25) is 0 Å². The van der Waals surface area contributed by atoms with Crippen LogP contribution in [0, 0.1) is 0 Å². The molecule has 90 valence electrons. The van der Waals surface area contributed by atoms with Crippen molar-refractivity contribution in [1.29, 1.82) is 0 Å². The maximum absolute atomic E-state index is 4.00. The Hall–Kier alpha value is -0.560. The molecule has 1 saturated heterocycles. The molecule has 16 heavy (non-hydrogen) atoms. The first-order valence-electron chi connectivity index (χ1n) is 5.72. The molecule has 0 bridgehead atoms. The van der Waals surface area contributed by atoms with Crippen molar-refractivity contribution < 1.29 is 0 Å². The Bertz CT molecular complexity index is 281. The van der Waals surface area contributed by atoms with Gasteiger partial charge in [-0.2, -0.15) is 0 Å². The summed E-state index contributed by atoms with van der Waals surface area (Å²) in [5, 5.41) is 9.38. The molecular formula is C10H19N5S. The van der Waals surface area contributed by atoms with Crippen molar-refractivity contribution in [2.45, 2.75) is 6.54 Å². The molecule has 6 heteroatoms. The molecule has 5 nitrogen and oxygen atoms in total. The van der Waals surface area contributed by atoms with Crippen LogP contribution in [0.3, 0.4) is 0 Å². The van der Waals surface area contributed by atoms with Gasteiger partial charge in [0.05, 0.1) is 5.69 Å². The van der Waals surface area contributed by atoms with Gasteiger partial charge in [0.1, 0.15) is 0 Å². The highest BCUT2D eigenvalue weighted by Crippen LogP contribution is 1.98. The van der Waals surface area contributed by atoms with Gasteiger partial charge < -0.3 is 10.2 Å². The molecule has 0 saturated carbocycles. The lowest BCUT2D eigenvalue weighted by Gasteiger charge is -2.32. The molecule has 0 unspecified atom stereocenters. The SMILES string of the molecule is CN1CCN(CCNCc2csnn2)CC1. The van der Waals surface area contributed by atoms with Crippen LogP contribution in [-0.2, 0) is 6.54 Å². The van der Waals surface area contributed by atoms with Crippen molar-refractivity contribution in [3.05, 3.63) is 11.1 Å². The van der Waals surface area contributed by atoms with Gasteiger partial charge in [-0.1, -0.05) is 4.49 Å². The van der Waals surface area contributed by atoms with E-state index in [1.54, 1.807) is 0 Å². The van der Waals surface area contributed by atoms with Gasteiger partial charge in [-0.15, -0.1) is 5.10 Å². The zero-order chi connectivity index (χ0) is 11.2. The number of nitrogens with zero attached hydrogens (tertiary/aromatic N) is 4. The third kappa shape index (κ3) is 3.79. The van der Waals surface area contributed by atoms with Crippen LogP contribution in [-0.4, -0.2) is 65.7 Å². The molecule has 1 fully saturated rings. The van der Waals surface area contributed by atoms with E-state index in [0.29, 0.717) is 0 Å². The van der Waals surface area contributed by atoms with Crippen LogP contribution >= 0.6 is 11.5 Å². The van der Waals surface area contributed by atoms with E-state index in [1.807, 2.05) is 5.38 Å². The first-order chi connectivity index (χ1) is 7.84. The van der Waals surface area contributed by atoms with Crippen molar-refractivity contribution >= 4 is 11.5 Å². The minimum absolute atomic E-state index is 0.838. The number of nitrogens with one attached hydrogen (secondary N) is 1. The van der Waals surface area contributed by atoms with Crippen molar-refractivity contribution in [2.24, 2.45) is 0 Å². The lowest BCUT2D eigenvalue weighted by molar-refractivity contribution is 0.154. The Morgan fingerprint density at radius 2 is 2.19 bits per heavy atom. The molecular weight excluding hydrogens is 222 g/mol. The summed E-state index contributed by atoms with van der Waals surface area (Å²) in [7, 11) is 2.19. The topological polar surface area (TPSA) is 44.3 Å².